The Hall–Kier alpha value is -2.75. The van der Waals surface area contributed by atoms with Crippen molar-refractivity contribution in [2.75, 3.05) is 13.1 Å². The molecular formula is C28H33NO3. The van der Waals surface area contributed by atoms with Crippen LogP contribution in [-0.2, 0) is 9.59 Å². The van der Waals surface area contributed by atoms with E-state index in [-0.39, 0.29) is 23.4 Å². The molecule has 2 aliphatic rings. The first kappa shape index (κ1) is 22.4. The lowest BCUT2D eigenvalue weighted by molar-refractivity contribution is -0.125. The average Bonchev–Trinajstić information content (AvgIpc) is 3.01. The van der Waals surface area contributed by atoms with Crippen molar-refractivity contribution in [1.82, 2.24) is 4.90 Å². The van der Waals surface area contributed by atoms with Gasteiger partial charge in [0, 0.05) is 31.0 Å². The van der Waals surface area contributed by atoms with Gasteiger partial charge in [0.25, 0.3) is 5.91 Å². The molecule has 0 N–H and O–H groups in total. The van der Waals surface area contributed by atoms with Crippen LogP contribution in [0.2, 0.25) is 0 Å². The first-order valence-corrected chi connectivity index (χ1v) is 11.7. The van der Waals surface area contributed by atoms with Gasteiger partial charge < -0.3 is 4.90 Å². The summed E-state index contributed by atoms with van der Waals surface area (Å²) in [5.74, 6) is -0.134. The summed E-state index contributed by atoms with van der Waals surface area (Å²) >= 11 is 0. The molecule has 4 heteroatoms. The van der Waals surface area contributed by atoms with Crippen LogP contribution in [0.15, 0.2) is 36.4 Å². The van der Waals surface area contributed by atoms with Crippen molar-refractivity contribution in [3.63, 3.8) is 0 Å². The van der Waals surface area contributed by atoms with E-state index >= 15 is 0 Å². The Morgan fingerprint density at radius 3 is 2.09 bits per heavy atom. The molecule has 4 nitrogen and oxygen atoms in total. The molecule has 2 unspecified atom stereocenters. The average molecular weight is 432 g/mol. The molecule has 0 aromatic heterocycles. The van der Waals surface area contributed by atoms with Crippen LogP contribution < -0.4 is 0 Å². The number of aryl methyl sites for hydroxylation is 4. The summed E-state index contributed by atoms with van der Waals surface area (Å²) in [7, 11) is 0. The van der Waals surface area contributed by atoms with Crippen LogP contribution in [0.1, 0.15) is 69.8 Å². The van der Waals surface area contributed by atoms with Gasteiger partial charge in [0.05, 0.1) is 0 Å². The third-order valence-electron chi connectivity index (χ3n) is 7.30. The van der Waals surface area contributed by atoms with Crippen LogP contribution in [0.4, 0.5) is 0 Å². The van der Waals surface area contributed by atoms with E-state index in [2.05, 4.69) is 12.1 Å². The molecule has 32 heavy (non-hydrogen) atoms. The lowest BCUT2D eigenvalue weighted by Gasteiger charge is -2.33. The number of carbonyl (C=O) groups excluding carboxylic acids is 3. The first-order valence-electron chi connectivity index (χ1n) is 11.7. The molecule has 1 heterocycles. The van der Waals surface area contributed by atoms with E-state index in [9.17, 15) is 14.4 Å². The zero-order valence-electron chi connectivity index (χ0n) is 19.6. The molecule has 1 aliphatic heterocycles. The Balaban J connectivity index is 1.38. The molecule has 2 aromatic rings. The fourth-order valence-electron chi connectivity index (χ4n) is 5.66. The Bertz CT molecular complexity index is 1020. The zero-order valence-corrected chi connectivity index (χ0v) is 19.6. The summed E-state index contributed by atoms with van der Waals surface area (Å²) in [6.45, 7) is 9.49. The van der Waals surface area contributed by atoms with E-state index in [1.807, 2.05) is 56.9 Å². The summed E-state index contributed by atoms with van der Waals surface area (Å²) in [5, 5.41) is 0. The maximum atomic E-state index is 13.3. The number of piperidine rings is 1. The number of Topliss-reactive ketones (excluding diaryl/α,β-unsaturated/α-hetero) is 2. The number of hydrogen-bond acceptors (Lipinski definition) is 3. The first-order chi connectivity index (χ1) is 15.2. The van der Waals surface area contributed by atoms with Crippen LogP contribution >= 0.6 is 0 Å². The number of nitrogens with zero attached hydrogens (tertiary/aromatic N) is 1. The fraction of sp³-hybridized carbons (Fsp3) is 0.464. The highest BCUT2D eigenvalue weighted by atomic mass is 16.2. The van der Waals surface area contributed by atoms with Crippen molar-refractivity contribution in [3.8, 4) is 0 Å². The van der Waals surface area contributed by atoms with Crippen LogP contribution in [0.3, 0.4) is 0 Å². The fourth-order valence-corrected chi connectivity index (χ4v) is 5.66. The molecule has 2 fully saturated rings. The standard InChI is InChI=1S/C28H33NO3/c1-17-5-7-22(8-6-17)28(32)29-11-9-21(10-12-29)15-23-16-24(30)26(27(23)31)25-19(3)13-18(2)14-20(25)4/h5-8,13-14,21,23,26H,9-12,15-16H2,1-4H3. The van der Waals surface area contributed by atoms with Gasteiger partial charge in [-0.25, -0.2) is 0 Å². The summed E-state index contributed by atoms with van der Waals surface area (Å²) < 4.78 is 0. The van der Waals surface area contributed by atoms with Crippen molar-refractivity contribution < 1.29 is 14.4 Å². The number of likely N-dealkylation sites (tertiary alicyclic amines) is 1. The number of carbonyl (C=O) groups is 3. The van der Waals surface area contributed by atoms with E-state index in [0.29, 0.717) is 25.4 Å². The highest BCUT2D eigenvalue weighted by Gasteiger charge is 2.44. The number of benzene rings is 2. The van der Waals surface area contributed by atoms with Gasteiger partial charge in [0.15, 0.2) is 5.78 Å². The molecule has 0 spiro atoms. The van der Waals surface area contributed by atoms with E-state index < -0.39 is 5.92 Å². The molecule has 4 rings (SSSR count). The van der Waals surface area contributed by atoms with Gasteiger partial charge >= 0.3 is 0 Å². The van der Waals surface area contributed by atoms with Crippen LogP contribution in [-0.4, -0.2) is 35.5 Å². The van der Waals surface area contributed by atoms with Crippen LogP contribution in [0.25, 0.3) is 0 Å². The van der Waals surface area contributed by atoms with E-state index in [4.69, 9.17) is 0 Å². The minimum atomic E-state index is -0.594. The Labute approximate surface area is 191 Å². The van der Waals surface area contributed by atoms with Gasteiger partial charge in [-0.1, -0.05) is 35.4 Å². The smallest absolute Gasteiger partial charge is 0.253 e. The highest BCUT2D eigenvalue weighted by Crippen LogP contribution is 2.40. The van der Waals surface area contributed by atoms with Gasteiger partial charge in [0.2, 0.25) is 0 Å². The Kier molecular flexibility index (Phi) is 6.32. The zero-order chi connectivity index (χ0) is 23.0. The summed E-state index contributed by atoms with van der Waals surface area (Å²) in [6.07, 6.45) is 2.90. The second-order valence-corrected chi connectivity index (χ2v) is 9.85. The summed E-state index contributed by atoms with van der Waals surface area (Å²) in [6, 6.07) is 11.9. The molecule has 1 amide bonds. The summed E-state index contributed by atoms with van der Waals surface area (Å²) in [4.78, 5) is 40.8. The van der Waals surface area contributed by atoms with E-state index in [0.717, 1.165) is 52.6 Å². The lowest BCUT2D eigenvalue weighted by atomic mass is 9.83. The minimum absolute atomic E-state index is 0.0713. The van der Waals surface area contributed by atoms with Gasteiger partial charge in [-0.15, -0.1) is 0 Å². The van der Waals surface area contributed by atoms with Crippen molar-refractivity contribution in [2.45, 2.75) is 59.3 Å². The summed E-state index contributed by atoms with van der Waals surface area (Å²) in [5.41, 5.74) is 6.04. The molecule has 1 aliphatic carbocycles. The second-order valence-electron chi connectivity index (χ2n) is 9.85. The molecule has 1 saturated heterocycles. The van der Waals surface area contributed by atoms with Gasteiger partial charge in [-0.05, 0) is 81.7 Å². The quantitative estimate of drug-likeness (QED) is 0.633. The predicted octanol–water partition coefficient (Wildman–Crippen LogP) is 5.10. The van der Waals surface area contributed by atoms with Gasteiger partial charge in [-0.3, -0.25) is 14.4 Å². The Morgan fingerprint density at radius 2 is 1.50 bits per heavy atom. The van der Waals surface area contributed by atoms with Crippen LogP contribution in [0.5, 0.6) is 0 Å². The third kappa shape index (κ3) is 4.41. The Morgan fingerprint density at radius 1 is 0.906 bits per heavy atom. The number of amides is 1. The second kappa shape index (κ2) is 9.01. The molecule has 0 bridgehead atoms. The molecule has 0 radical (unpaired) electrons. The van der Waals surface area contributed by atoms with E-state index in [1.54, 1.807) is 0 Å². The predicted molar refractivity (Wildman–Crippen MR) is 126 cm³/mol. The molecular weight excluding hydrogens is 398 g/mol. The topological polar surface area (TPSA) is 54.5 Å². The highest BCUT2D eigenvalue weighted by molar-refractivity contribution is 6.15. The van der Waals surface area contributed by atoms with E-state index in [1.165, 1.54) is 0 Å². The molecule has 2 aromatic carbocycles. The number of ketones is 2. The maximum absolute atomic E-state index is 13.3. The largest absolute Gasteiger partial charge is 0.339 e. The molecule has 1 saturated carbocycles. The molecule has 168 valence electrons. The van der Waals surface area contributed by atoms with Crippen molar-refractivity contribution in [3.05, 3.63) is 69.8 Å². The van der Waals surface area contributed by atoms with Crippen molar-refractivity contribution in [2.24, 2.45) is 11.8 Å². The number of rotatable bonds is 4. The van der Waals surface area contributed by atoms with Crippen LogP contribution in [0, 0.1) is 39.5 Å². The lowest BCUT2D eigenvalue weighted by Crippen LogP contribution is -2.39. The molecule has 2 atom stereocenters. The van der Waals surface area contributed by atoms with Crippen molar-refractivity contribution >= 4 is 17.5 Å². The van der Waals surface area contributed by atoms with Crippen molar-refractivity contribution in [1.29, 1.82) is 0 Å². The SMILES string of the molecule is Cc1ccc(C(=O)N2CCC(CC3CC(=O)C(c4c(C)cc(C)cc4C)C3=O)CC2)cc1. The third-order valence-corrected chi connectivity index (χ3v) is 7.30. The minimum Gasteiger partial charge on any atom is -0.339 e. The maximum Gasteiger partial charge on any atom is 0.253 e. The normalized spacial score (nSPS) is 21.9. The number of hydrogen-bond donors (Lipinski definition) is 0. The van der Waals surface area contributed by atoms with Gasteiger partial charge in [-0.2, -0.15) is 0 Å². The van der Waals surface area contributed by atoms with Gasteiger partial charge in [0.1, 0.15) is 11.7 Å². The monoisotopic (exact) mass is 431 g/mol.